The number of fused-ring (bicyclic) bond motifs is 4. The minimum absolute atomic E-state index is 0.00634. The molecule has 0 aliphatic heterocycles. The molecule has 0 aliphatic carbocycles. The molecule has 3 aromatic heterocycles. The van der Waals surface area contributed by atoms with Crippen LogP contribution in [0.2, 0.25) is 0 Å². The van der Waals surface area contributed by atoms with Gasteiger partial charge in [-0.3, -0.25) is 13.7 Å². The molecule has 7 aromatic carbocycles. The Balaban J connectivity index is 1.05. The monoisotopic (exact) mass is 748 g/mol. The van der Waals surface area contributed by atoms with Crippen LogP contribution in [0.5, 0.6) is 11.5 Å². The fraction of sp³-hybridized carbons (Fsp3) is 0.0769. The van der Waals surface area contributed by atoms with Crippen molar-refractivity contribution >= 4 is 55.9 Å². The van der Waals surface area contributed by atoms with Crippen LogP contribution in [0.25, 0.3) is 50.0 Å². The van der Waals surface area contributed by atoms with E-state index in [9.17, 15) is 0 Å². The van der Waals surface area contributed by atoms with Crippen LogP contribution >= 0.6 is 0 Å². The standard InChI is InChI=1S/C52H41BN4O/c1-52(2,3)37-31-32-54-51(33-37)57-46-25-12-10-23-43(46)44-30-29-42(35-50(44)57)58-41-22-16-21-40(34-41)55-36-56(49-28-15-14-27-48(49)55)47-26-13-11-24-45(47)53(38-17-6-4-7-18-38)39-19-8-5-9-20-39/h4-35H,1-3H3. The lowest BCUT2D eigenvalue weighted by atomic mass is 9.36. The van der Waals surface area contributed by atoms with Crippen molar-refractivity contribution in [1.82, 2.24) is 14.1 Å². The molecule has 0 radical (unpaired) electrons. The largest absolute Gasteiger partial charge is 0.458 e. The van der Waals surface area contributed by atoms with Gasteiger partial charge >= 0.3 is 0 Å². The number of hydrogen-bond acceptors (Lipinski definition) is 2. The molecule has 0 unspecified atom stereocenters. The molecule has 0 amide bonds. The lowest BCUT2D eigenvalue weighted by Gasteiger charge is -2.20. The number of ether oxygens (including phenoxy) is 1. The Bertz CT molecular complexity index is 3050. The van der Waals surface area contributed by atoms with E-state index < -0.39 is 0 Å². The third-order valence-electron chi connectivity index (χ3n) is 11.1. The molecule has 0 aliphatic rings. The van der Waals surface area contributed by atoms with E-state index in [1.54, 1.807) is 0 Å². The molecule has 10 rings (SSSR count). The van der Waals surface area contributed by atoms with Crippen LogP contribution in [-0.4, -0.2) is 20.8 Å². The molecule has 10 aromatic rings. The van der Waals surface area contributed by atoms with Crippen LogP contribution in [0.3, 0.4) is 0 Å². The number of pyridine rings is 1. The molecule has 3 heterocycles. The Morgan fingerprint density at radius 2 is 1.22 bits per heavy atom. The lowest BCUT2D eigenvalue weighted by molar-refractivity contribution is -0.571. The van der Waals surface area contributed by atoms with Crippen molar-refractivity contribution in [2.45, 2.75) is 26.2 Å². The van der Waals surface area contributed by atoms with Crippen molar-refractivity contribution in [3.63, 3.8) is 0 Å². The zero-order chi connectivity index (χ0) is 39.2. The third kappa shape index (κ3) is 6.33. The number of imidazole rings is 1. The summed E-state index contributed by atoms with van der Waals surface area (Å²) >= 11 is 0. The molecule has 0 N–H and O–H groups in total. The predicted octanol–water partition coefficient (Wildman–Crippen LogP) is 9.81. The average molecular weight is 749 g/mol. The van der Waals surface area contributed by atoms with Gasteiger partial charge in [0.15, 0.2) is 0 Å². The van der Waals surface area contributed by atoms with Crippen LogP contribution in [0.4, 0.5) is 0 Å². The van der Waals surface area contributed by atoms with E-state index in [0.29, 0.717) is 0 Å². The van der Waals surface area contributed by atoms with E-state index in [2.05, 4.69) is 217 Å². The Kier molecular flexibility index (Phi) is 8.75. The molecule has 0 bridgehead atoms. The average Bonchev–Trinajstić information content (AvgIpc) is 3.81. The first-order valence-corrected chi connectivity index (χ1v) is 19.8. The second-order valence-corrected chi connectivity index (χ2v) is 15.9. The maximum Gasteiger partial charge on any atom is 0.269 e. The second-order valence-electron chi connectivity index (χ2n) is 15.9. The van der Waals surface area contributed by atoms with E-state index in [1.165, 1.54) is 27.3 Å². The topological polar surface area (TPSA) is 35.9 Å². The highest BCUT2D eigenvalue weighted by Gasteiger charge is 2.26. The number of hydrogen-bond donors (Lipinski definition) is 0. The Hall–Kier alpha value is -7.18. The minimum atomic E-state index is -0.00634. The molecule has 278 valence electrons. The van der Waals surface area contributed by atoms with Crippen molar-refractivity contribution in [3.05, 3.63) is 206 Å². The summed E-state index contributed by atoms with van der Waals surface area (Å²) < 4.78 is 13.3. The number of aromatic nitrogens is 4. The highest BCUT2D eigenvalue weighted by Crippen LogP contribution is 2.36. The van der Waals surface area contributed by atoms with E-state index in [4.69, 9.17) is 9.72 Å². The molecular weight excluding hydrogens is 707 g/mol. The number of benzene rings is 7. The zero-order valence-corrected chi connectivity index (χ0v) is 32.7. The summed E-state index contributed by atoms with van der Waals surface area (Å²) in [6.45, 7) is 6.74. The highest BCUT2D eigenvalue weighted by atomic mass is 16.5. The second kappa shape index (κ2) is 14.4. The van der Waals surface area contributed by atoms with Crippen LogP contribution in [0, 0.1) is 6.33 Å². The summed E-state index contributed by atoms with van der Waals surface area (Å²) in [6.07, 6.45) is 5.67. The first-order chi connectivity index (χ1) is 28.4. The fourth-order valence-electron chi connectivity index (χ4n) is 8.30. The molecule has 0 fully saturated rings. The molecule has 58 heavy (non-hydrogen) atoms. The van der Waals surface area contributed by atoms with Crippen molar-refractivity contribution < 1.29 is 9.30 Å². The van der Waals surface area contributed by atoms with Gasteiger partial charge in [0.1, 0.15) is 17.3 Å². The smallest absolute Gasteiger partial charge is 0.269 e. The summed E-state index contributed by atoms with van der Waals surface area (Å²) in [6, 6.07) is 66.1. The van der Waals surface area contributed by atoms with Crippen LogP contribution in [-0.2, 0) is 5.41 Å². The number of rotatable bonds is 8. The normalized spacial score (nSPS) is 11.7. The summed E-state index contributed by atoms with van der Waals surface area (Å²) in [7, 11) is 0. The predicted molar refractivity (Wildman–Crippen MR) is 239 cm³/mol. The Labute approximate surface area is 339 Å². The Morgan fingerprint density at radius 3 is 2.00 bits per heavy atom. The van der Waals surface area contributed by atoms with E-state index in [0.717, 1.165) is 56.1 Å². The minimum Gasteiger partial charge on any atom is -0.458 e. The lowest BCUT2D eigenvalue weighted by Crippen LogP contribution is -2.55. The molecule has 0 spiro atoms. The maximum atomic E-state index is 6.70. The van der Waals surface area contributed by atoms with Crippen molar-refractivity contribution in [2.24, 2.45) is 0 Å². The third-order valence-corrected chi connectivity index (χ3v) is 11.1. The van der Waals surface area contributed by atoms with Crippen LogP contribution in [0.1, 0.15) is 26.3 Å². The van der Waals surface area contributed by atoms with E-state index in [1.807, 2.05) is 18.3 Å². The van der Waals surface area contributed by atoms with Crippen LogP contribution < -0.4 is 25.7 Å². The number of para-hydroxylation sites is 4. The van der Waals surface area contributed by atoms with Crippen molar-refractivity contribution in [2.75, 3.05) is 0 Å². The summed E-state index contributed by atoms with van der Waals surface area (Å²) in [5.41, 5.74) is 11.2. The molecule has 0 saturated carbocycles. The molecular formula is C52H41BN4O. The first-order valence-electron chi connectivity index (χ1n) is 19.8. The zero-order valence-electron chi connectivity index (χ0n) is 32.7. The summed E-state index contributed by atoms with van der Waals surface area (Å²) in [5, 5.41) is 2.33. The van der Waals surface area contributed by atoms with Gasteiger partial charge in [-0.1, -0.05) is 165 Å². The van der Waals surface area contributed by atoms with Crippen LogP contribution in [0.15, 0.2) is 194 Å². The van der Waals surface area contributed by atoms with Gasteiger partial charge in [-0.2, -0.15) is 0 Å². The molecule has 0 saturated heterocycles. The van der Waals surface area contributed by atoms with Crippen molar-refractivity contribution in [3.8, 4) is 28.7 Å². The molecule has 5 nitrogen and oxygen atoms in total. The van der Waals surface area contributed by atoms with Crippen molar-refractivity contribution in [1.29, 1.82) is 0 Å². The van der Waals surface area contributed by atoms with Gasteiger partial charge in [0.2, 0.25) is 6.71 Å². The molecule has 6 heteroatoms. The Morgan fingerprint density at radius 1 is 0.569 bits per heavy atom. The quantitative estimate of drug-likeness (QED) is 0.0882. The SMILES string of the molecule is CC(C)(C)c1ccnc(-n2c3ccccc3c3ccc(Oc4cccc(-n5[c-][n+](-c6ccccc6B(c6ccccc6)c6ccccc6)c6ccccc65)c4)cc32)c1. The van der Waals surface area contributed by atoms with Gasteiger partial charge < -0.3 is 4.74 Å². The summed E-state index contributed by atoms with van der Waals surface area (Å²) in [4.78, 5) is 4.86. The van der Waals surface area contributed by atoms with E-state index in [-0.39, 0.29) is 12.1 Å². The summed E-state index contributed by atoms with van der Waals surface area (Å²) in [5.74, 6) is 2.37. The van der Waals surface area contributed by atoms with Gasteiger partial charge in [0.05, 0.1) is 33.4 Å². The maximum absolute atomic E-state index is 6.70. The van der Waals surface area contributed by atoms with Gasteiger partial charge in [-0.15, -0.1) is 0 Å². The van der Waals surface area contributed by atoms with Gasteiger partial charge in [0, 0.05) is 23.0 Å². The van der Waals surface area contributed by atoms with Gasteiger partial charge in [0.25, 0.3) is 6.33 Å². The fourth-order valence-corrected chi connectivity index (χ4v) is 8.30. The van der Waals surface area contributed by atoms with E-state index >= 15 is 0 Å². The van der Waals surface area contributed by atoms with Gasteiger partial charge in [-0.05, 0) is 65.6 Å². The number of nitrogens with zero attached hydrogens (tertiary/aromatic N) is 4. The first kappa shape index (κ1) is 35.3. The highest BCUT2D eigenvalue weighted by molar-refractivity contribution is 6.96. The van der Waals surface area contributed by atoms with Gasteiger partial charge in [-0.25, -0.2) is 4.98 Å². The molecule has 0 atom stereocenters.